The average molecular weight is 267 g/mol. The van der Waals surface area contributed by atoms with Crippen molar-refractivity contribution in [2.45, 2.75) is 18.7 Å². The molecule has 0 unspecified atom stereocenters. The molecule has 1 rings (SSSR count). The monoisotopic (exact) mass is 266 g/mol. The lowest BCUT2D eigenvalue weighted by Gasteiger charge is -2.12. The predicted molar refractivity (Wildman–Crippen MR) is 52.6 cm³/mol. The highest BCUT2D eigenvalue weighted by molar-refractivity contribution is 6.16. The van der Waals surface area contributed by atoms with Gasteiger partial charge in [-0.15, -0.1) is 24.8 Å². The molecule has 0 saturated heterocycles. The van der Waals surface area contributed by atoms with Gasteiger partial charge in [0.05, 0.1) is 23.9 Å². The Morgan fingerprint density at radius 1 is 1.53 bits per heavy atom. The van der Waals surface area contributed by atoms with Crippen LogP contribution in [0.3, 0.4) is 0 Å². The fourth-order valence-corrected chi connectivity index (χ4v) is 1.29. The van der Waals surface area contributed by atoms with Crippen LogP contribution in [0.4, 0.5) is 13.2 Å². The van der Waals surface area contributed by atoms with Gasteiger partial charge in [-0.05, 0) is 0 Å². The van der Waals surface area contributed by atoms with Crippen LogP contribution < -0.4 is 10.3 Å². The molecule has 8 heteroatoms. The molecule has 1 aromatic rings. The number of hydrogen-bond acceptors (Lipinski definition) is 3. The second kappa shape index (κ2) is 5.10. The Morgan fingerprint density at radius 3 is 2.65 bits per heavy atom. The molecule has 0 bridgehead atoms. The summed E-state index contributed by atoms with van der Waals surface area (Å²) in [5.74, 6) is -0.866. The molecule has 1 heterocycles. The SMILES string of the molecule is N#CCc1c(OC(F)(F)F)cc(CCl)[nH]c1=O. The Morgan fingerprint density at radius 2 is 2.18 bits per heavy atom. The summed E-state index contributed by atoms with van der Waals surface area (Å²) < 4.78 is 39.9. The predicted octanol–water partition coefficient (Wildman–Crippen LogP) is 2.08. The standard InChI is InChI=1S/C9H6ClF3N2O2/c10-4-5-3-7(17-9(11,12)13)6(1-2-14)8(16)15-5/h3H,1,4H2,(H,15,16). The molecular formula is C9H6ClF3N2O2. The summed E-state index contributed by atoms with van der Waals surface area (Å²) in [6.07, 6.45) is -5.41. The topological polar surface area (TPSA) is 65.9 Å². The molecule has 0 radical (unpaired) electrons. The second-order valence-electron chi connectivity index (χ2n) is 2.98. The molecule has 0 spiro atoms. The van der Waals surface area contributed by atoms with Crippen LogP contribution in [-0.2, 0) is 12.3 Å². The Hall–Kier alpha value is -1.68. The number of aromatic nitrogens is 1. The van der Waals surface area contributed by atoms with Crippen molar-refractivity contribution in [3.05, 3.63) is 27.7 Å². The van der Waals surface area contributed by atoms with E-state index in [0.717, 1.165) is 6.07 Å². The molecule has 4 nitrogen and oxygen atoms in total. The lowest BCUT2D eigenvalue weighted by atomic mass is 10.2. The van der Waals surface area contributed by atoms with Crippen LogP contribution in [-0.4, -0.2) is 11.3 Å². The number of pyridine rings is 1. The number of nitriles is 1. The maximum atomic E-state index is 12.1. The number of hydrogen-bond donors (Lipinski definition) is 1. The van der Waals surface area contributed by atoms with E-state index in [1.54, 1.807) is 6.07 Å². The number of nitrogens with zero attached hydrogens (tertiary/aromatic N) is 1. The fraction of sp³-hybridized carbons (Fsp3) is 0.333. The van der Waals surface area contributed by atoms with Crippen LogP contribution in [0.5, 0.6) is 5.75 Å². The normalized spacial score (nSPS) is 11.0. The molecule has 0 fully saturated rings. The molecule has 17 heavy (non-hydrogen) atoms. The van der Waals surface area contributed by atoms with Crippen LogP contribution in [0.1, 0.15) is 11.3 Å². The number of aromatic amines is 1. The van der Waals surface area contributed by atoms with E-state index in [4.69, 9.17) is 16.9 Å². The van der Waals surface area contributed by atoms with Crippen LogP contribution in [0.2, 0.25) is 0 Å². The van der Waals surface area contributed by atoms with Gasteiger partial charge in [0.25, 0.3) is 5.56 Å². The van der Waals surface area contributed by atoms with E-state index in [9.17, 15) is 18.0 Å². The van der Waals surface area contributed by atoms with E-state index in [-0.39, 0.29) is 17.1 Å². The van der Waals surface area contributed by atoms with Gasteiger partial charge in [0.1, 0.15) is 5.75 Å². The smallest absolute Gasteiger partial charge is 0.405 e. The van der Waals surface area contributed by atoms with Gasteiger partial charge in [-0.25, -0.2) is 0 Å². The summed E-state index contributed by atoms with van der Waals surface area (Å²) >= 11 is 5.40. The highest BCUT2D eigenvalue weighted by atomic mass is 35.5. The van der Waals surface area contributed by atoms with Crippen LogP contribution in [0, 0.1) is 11.3 Å². The third kappa shape index (κ3) is 3.67. The van der Waals surface area contributed by atoms with Gasteiger partial charge in [0.15, 0.2) is 0 Å². The first-order valence-electron chi connectivity index (χ1n) is 4.31. The van der Waals surface area contributed by atoms with Crippen molar-refractivity contribution in [1.29, 1.82) is 5.26 Å². The summed E-state index contributed by atoms with van der Waals surface area (Å²) in [5, 5.41) is 8.43. The number of H-pyrrole nitrogens is 1. The first kappa shape index (κ1) is 13.4. The third-order valence-electron chi connectivity index (χ3n) is 1.78. The highest BCUT2D eigenvalue weighted by Gasteiger charge is 2.32. The summed E-state index contributed by atoms with van der Waals surface area (Å²) in [4.78, 5) is 13.6. The molecule has 0 aliphatic heterocycles. The van der Waals surface area contributed by atoms with E-state index in [1.165, 1.54) is 0 Å². The summed E-state index contributed by atoms with van der Waals surface area (Å²) in [6.45, 7) is 0. The molecule has 0 aromatic carbocycles. The van der Waals surface area contributed by atoms with Crippen molar-refractivity contribution in [2.24, 2.45) is 0 Å². The lowest BCUT2D eigenvalue weighted by Crippen LogP contribution is -2.22. The summed E-state index contributed by atoms with van der Waals surface area (Å²) in [6, 6.07) is 2.54. The van der Waals surface area contributed by atoms with Gasteiger partial charge in [-0.3, -0.25) is 4.79 Å². The minimum atomic E-state index is -4.93. The molecule has 0 amide bonds. The number of halogens is 4. The molecule has 0 saturated carbocycles. The molecule has 0 atom stereocenters. The first-order valence-corrected chi connectivity index (χ1v) is 4.84. The van der Waals surface area contributed by atoms with E-state index in [2.05, 4.69) is 9.72 Å². The van der Waals surface area contributed by atoms with Crippen LogP contribution >= 0.6 is 11.6 Å². The zero-order chi connectivity index (χ0) is 13.1. The van der Waals surface area contributed by atoms with Gasteiger partial charge >= 0.3 is 6.36 Å². The lowest BCUT2D eigenvalue weighted by molar-refractivity contribution is -0.274. The minimum absolute atomic E-state index is 0.0811. The van der Waals surface area contributed by atoms with Crippen molar-refractivity contribution in [3.63, 3.8) is 0 Å². The first-order chi connectivity index (χ1) is 7.87. The van der Waals surface area contributed by atoms with Crippen molar-refractivity contribution in [1.82, 2.24) is 4.98 Å². The largest absolute Gasteiger partial charge is 0.573 e. The molecular weight excluding hydrogens is 261 g/mol. The van der Waals surface area contributed by atoms with Gasteiger partial charge < -0.3 is 9.72 Å². The van der Waals surface area contributed by atoms with E-state index in [0.29, 0.717) is 0 Å². The molecule has 1 aromatic heterocycles. The van der Waals surface area contributed by atoms with Crippen molar-refractivity contribution in [3.8, 4) is 11.8 Å². The van der Waals surface area contributed by atoms with Gasteiger partial charge in [0, 0.05) is 11.8 Å². The number of nitrogens with one attached hydrogen (secondary N) is 1. The zero-order valence-corrected chi connectivity index (χ0v) is 9.02. The number of alkyl halides is 4. The van der Waals surface area contributed by atoms with Gasteiger partial charge in [-0.1, -0.05) is 0 Å². The van der Waals surface area contributed by atoms with E-state index >= 15 is 0 Å². The number of ether oxygens (including phenoxy) is 1. The fourth-order valence-electron chi connectivity index (χ4n) is 1.15. The van der Waals surface area contributed by atoms with Gasteiger partial charge in [0.2, 0.25) is 0 Å². The Bertz CT molecular complexity index is 504. The van der Waals surface area contributed by atoms with Crippen molar-refractivity contribution in [2.75, 3.05) is 0 Å². The Labute approximate surface area is 98.6 Å². The van der Waals surface area contributed by atoms with E-state index in [1.807, 2.05) is 0 Å². The maximum absolute atomic E-state index is 12.1. The highest BCUT2D eigenvalue weighted by Crippen LogP contribution is 2.25. The molecule has 0 aliphatic carbocycles. The van der Waals surface area contributed by atoms with Crippen LogP contribution in [0.15, 0.2) is 10.9 Å². The Kier molecular flexibility index (Phi) is 4.02. The van der Waals surface area contributed by atoms with Crippen molar-refractivity contribution >= 4 is 11.6 Å². The third-order valence-corrected chi connectivity index (χ3v) is 2.06. The minimum Gasteiger partial charge on any atom is -0.405 e. The molecule has 1 N–H and O–H groups in total. The second-order valence-corrected chi connectivity index (χ2v) is 3.25. The quantitative estimate of drug-likeness (QED) is 0.852. The molecule has 0 aliphatic rings. The zero-order valence-electron chi connectivity index (χ0n) is 8.27. The average Bonchev–Trinajstić information content (AvgIpc) is 2.20. The Balaban J connectivity index is 3.28. The summed E-state index contributed by atoms with van der Waals surface area (Å²) in [5.41, 5.74) is -1.11. The summed E-state index contributed by atoms with van der Waals surface area (Å²) in [7, 11) is 0. The van der Waals surface area contributed by atoms with Crippen molar-refractivity contribution < 1.29 is 17.9 Å². The van der Waals surface area contributed by atoms with E-state index < -0.39 is 24.1 Å². The van der Waals surface area contributed by atoms with Gasteiger partial charge in [-0.2, -0.15) is 5.26 Å². The maximum Gasteiger partial charge on any atom is 0.573 e. The molecule has 92 valence electrons. The number of rotatable bonds is 3. The van der Waals surface area contributed by atoms with Crippen LogP contribution in [0.25, 0.3) is 0 Å².